The van der Waals surface area contributed by atoms with E-state index in [1.807, 2.05) is 19.9 Å². The molecule has 0 amide bonds. The van der Waals surface area contributed by atoms with Crippen molar-refractivity contribution in [2.45, 2.75) is 32.5 Å². The van der Waals surface area contributed by atoms with E-state index < -0.39 is 11.7 Å². The fourth-order valence-electron chi connectivity index (χ4n) is 2.23. The van der Waals surface area contributed by atoms with Crippen LogP contribution in [0, 0.1) is 6.92 Å². The van der Waals surface area contributed by atoms with E-state index in [9.17, 15) is 13.2 Å². The zero-order chi connectivity index (χ0) is 15.5. The Morgan fingerprint density at radius 1 is 1.19 bits per heavy atom. The predicted octanol–water partition coefficient (Wildman–Crippen LogP) is 4.70. The van der Waals surface area contributed by atoms with Crippen LogP contribution < -0.4 is 5.32 Å². The van der Waals surface area contributed by atoms with Crippen LogP contribution in [0.1, 0.15) is 41.8 Å². The number of alkyl halides is 3. The summed E-state index contributed by atoms with van der Waals surface area (Å²) in [4.78, 5) is 0. The molecule has 0 saturated carbocycles. The van der Waals surface area contributed by atoms with Gasteiger partial charge in [-0.2, -0.15) is 13.2 Å². The highest BCUT2D eigenvalue weighted by Crippen LogP contribution is 2.32. The normalized spacial score (nSPS) is 13.4. The third-order valence-electron chi connectivity index (χ3n) is 3.23. The number of benzene rings is 1. The van der Waals surface area contributed by atoms with Crippen LogP contribution in [-0.4, -0.2) is 6.54 Å². The Morgan fingerprint density at radius 2 is 1.95 bits per heavy atom. The molecule has 1 aromatic heterocycles. The Morgan fingerprint density at radius 3 is 2.52 bits per heavy atom. The Balaban J connectivity index is 2.37. The van der Waals surface area contributed by atoms with Crippen LogP contribution in [-0.2, 0) is 6.18 Å². The van der Waals surface area contributed by atoms with E-state index in [0.717, 1.165) is 23.8 Å². The zero-order valence-corrected chi connectivity index (χ0v) is 12.0. The summed E-state index contributed by atoms with van der Waals surface area (Å²) in [6, 6.07) is 6.95. The first-order valence-corrected chi connectivity index (χ1v) is 6.87. The summed E-state index contributed by atoms with van der Waals surface area (Å²) >= 11 is 0. The van der Waals surface area contributed by atoms with Crippen molar-refractivity contribution in [3.63, 3.8) is 0 Å². The first-order valence-electron chi connectivity index (χ1n) is 6.87. The van der Waals surface area contributed by atoms with Gasteiger partial charge in [0, 0.05) is 5.56 Å². The molecule has 2 aromatic rings. The van der Waals surface area contributed by atoms with Crippen LogP contribution in [0.25, 0.3) is 0 Å². The lowest BCUT2D eigenvalue weighted by atomic mass is 9.98. The monoisotopic (exact) mass is 297 g/mol. The maximum atomic E-state index is 12.9. The maximum Gasteiger partial charge on any atom is 0.416 e. The van der Waals surface area contributed by atoms with Crippen molar-refractivity contribution in [2.75, 3.05) is 6.54 Å². The van der Waals surface area contributed by atoms with Gasteiger partial charge in [-0.25, -0.2) is 0 Å². The molecule has 1 unspecified atom stereocenters. The number of aryl methyl sites for hydroxylation is 1. The molecule has 21 heavy (non-hydrogen) atoms. The molecule has 1 heterocycles. The number of nitrogens with one attached hydrogen (secondary N) is 1. The lowest BCUT2D eigenvalue weighted by Crippen LogP contribution is -2.23. The Bertz CT molecular complexity index is 589. The molecule has 0 aliphatic carbocycles. The van der Waals surface area contributed by atoms with Gasteiger partial charge in [0.05, 0.1) is 17.9 Å². The zero-order valence-electron chi connectivity index (χ0n) is 12.0. The van der Waals surface area contributed by atoms with Gasteiger partial charge in [-0.05, 0) is 43.7 Å². The highest BCUT2D eigenvalue weighted by atomic mass is 19.4. The van der Waals surface area contributed by atoms with Gasteiger partial charge in [0.1, 0.15) is 5.76 Å². The second kappa shape index (κ2) is 6.35. The van der Waals surface area contributed by atoms with E-state index in [0.29, 0.717) is 12.1 Å². The van der Waals surface area contributed by atoms with Crippen LogP contribution >= 0.6 is 0 Å². The highest BCUT2D eigenvalue weighted by molar-refractivity contribution is 5.34. The third-order valence-corrected chi connectivity index (χ3v) is 3.23. The molecule has 5 heteroatoms. The van der Waals surface area contributed by atoms with E-state index in [4.69, 9.17) is 4.42 Å². The molecule has 0 fully saturated rings. The van der Waals surface area contributed by atoms with Crippen LogP contribution in [0.2, 0.25) is 0 Å². The minimum Gasteiger partial charge on any atom is -0.469 e. The maximum absolute atomic E-state index is 12.9. The summed E-state index contributed by atoms with van der Waals surface area (Å²) in [7, 11) is 0. The molecule has 0 bridgehead atoms. The Kier molecular flexibility index (Phi) is 4.73. The smallest absolute Gasteiger partial charge is 0.416 e. The molecule has 1 aromatic carbocycles. The molecular weight excluding hydrogens is 279 g/mol. The number of hydrogen-bond acceptors (Lipinski definition) is 2. The number of halogens is 3. The molecule has 0 aliphatic heterocycles. The van der Waals surface area contributed by atoms with Gasteiger partial charge < -0.3 is 9.73 Å². The molecular formula is C16H18F3NO. The molecule has 1 atom stereocenters. The molecule has 0 spiro atoms. The summed E-state index contributed by atoms with van der Waals surface area (Å²) in [5.74, 6) is 0.736. The number of rotatable bonds is 5. The van der Waals surface area contributed by atoms with Gasteiger partial charge in [-0.3, -0.25) is 0 Å². The van der Waals surface area contributed by atoms with E-state index >= 15 is 0 Å². The third kappa shape index (κ3) is 3.88. The fraction of sp³-hybridized carbons (Fsp3) is 0.375. The summed E-state index contributed by atoms with van der Waals surface area (Å²) in [5, 5.41) is 3.27. The standard InChI is InChI=1S/C16H18F3NO/c1-3-7-20-15(13-8-11(2)21-10-13)12-5-4-6-14(9-12)16(17,18)19/h4-6,8-10,15,20H,3,7H2,1-2H3. The summed E-state index contributed by atoms with van der Waals surface area (Å²) < 4.78 is 43.8. The molecule has 0 radical (unpaired) electrons. The summed E-state index contributed by atoms with van der Waals surface area (Å²) in [5.41, 5.74) is 0.780. The SMILES string of the molecule is CCCNC(c1cccc(C(F)(F)F)c1)c1coc(C)c1. The molecule has 0 aliphatic rings. The summed E-state index contributed by atoms with van der Waals surface area (Å²) in [6.07, 6.45) is -1.85. The predicted molar refractivity (Wildman–Crippen MR) is 75.0 cm³/mol. The number of furan rings is 1. The number of hydrogen-bond donors (Lipinski definition) is 1. The molecule has 2 nitrogen and oxygen atoms in total. The average Bonchev–Trinajstić information content (AvgIpc) is 2.85. The highest BCUT2D eigenvalue weighted by Gasteiger charge is 2.31. The van der Waals surface area contributed by atoms with Crippen LogP contribution in [0.5, 0.6) is 0 Å². The van der Waals surface area contributed by atoms with Gasteiger partial charge in [-0.15, -0.1) is 0 Å². The lowest BCUT2D eigenvalue weighted by molar-refractivity contribution is -0.137. The van der Waals surface area contributed by atoms with Crippen molar-refractivity contribution in [1.29, 1.82) is 0 Å². The Labute approximate surface area is 122 Å². The Hall–Kier alpha value is -1.75. The largest absolute Gasteiger partial charge is 0.469 e. The van der Waals surface area contributed by atoms with Crippen molar-refractivity contribution in [3.05, 3.63) is 59.0 Å². The van der Waals surface area contributed by atoms with Crippen LogP contribution in [0.3, 0.4) is 0 Å². The van der Waals surface area contributed by atoms with Crippen molar-refractivity contribution >= 4 is 0 Å². The van der Waals surface area contributed by atoms with Crippen molar-refractivity contribution in [1.82, 2.24) is 5.32 Å². The van der Waals surface area contributed by atoms with Gasteiger partial charge in [-0.1, -0.05) is 19.1 Å². The minimum absolute atomic E-state index is 0.301. The van der Waals surface area contributed by atoms with Gasteiger partial charge >= 0.3 is 6.18 Å². The second-order valence-electron chi connectivity index (χ2n) is 5.00. The van der Waals surface area contributed by atoms with E-state index in [2.05, 4.69) is 5.32 Å². The first kappa shape index (κ1) is 15.6. The minimum atomic E-state index is -4.34. The molecule has 0 saturated heterocycles. The van der Waals surface area contributed by atoms with Crippen LogP contribution in [0.4, 0.5) is 13.2 Å². The molecule has 1 N–H and O–H groups in total. The lowest BCUT2D eigenvalue weighted by Gasteiger charge is -2.19. The van der Waals surface area contributed by atoms with Gasteiger partial charge in [0.2, 0.25) is 0 Å². The van der Waals surface area contributed by atoms with Crippen LogP contribution in [0.15, 0.2) is 41.0 Å². The first-order chi connectivity index (χ1) is 9.91. The van der Waals surface area contributed by atoms with Gasteiger partial charge in [0.15, 0.2) is 0 Å². The molecule has 2 rings (SSSR count). The quantitative estimate of drug-likeness (QED) is 0.865. The average molecular weight is 297 g/mol. The van der Waals surface area contributed by atoms with Gasteiger partial charge in [0.25, 0.3) is 0 Å². The van der Waals surface area contributed by atoms with Crippen molar-refractivity contribution in [3.8, 4) is 0 Å². The second-order valence-corrected chi connectivity index (χ2v) is 5.00. The summed E-state index contributed by atoms with van der Waals surface area (Å²) in [6.45, 7) is 4.54. The molecule has 114 valence electrons. The van der Waals surface area contributed by atoms with E-state index in [-0.39, 0.29) is 6.04 Å². The van der Waals surface area contributed by atoms with Crippen molar-refractivity contribution in [2.24, 2.45) is 0 Å². The van der Waals surface area contributed by atoms with Crippen molar-refractivity contribution < 1.29 is 17.6 Å². The topological polar surface area (TPSA) is 25.2 Å². The fourth-order valence-corrected chi connectivity index (χ4v) is 2.23. The van der Waals surface area contributed by atoms with E-state index in [1.165, 1.54) is 12.1 Å². The van der Waals surface area contributed by atoms with E-state index in [1.54, 1.807) is 12.3 Å².